The molecule has 2 aromatic carbocycles. The summed E-state index contributed by atoms with van der Waals surface area (Å²) in [5, 5.41) is 12.2. The molecule has 2 rings (SSSR count). The van der Waals surface area contributed by atoms with E-state index in [0.29, 0.717) is 12.8 Å². The zero-order valence-corrected chi connectivity index (χ0v) is 20.7. The molecule has 0 aliphatic rings. The van der Waals surface area contributed by atoms with Gasteiger partial charge in [0.05, 0.1) is 6.04 Å². The molecule has 0 radical (unpaired) electrons. The van der Waals surface area contributed by atoms with Gasteiger partial charge in [-0.3, -0.25) is 9.59 Å². The lowest BCUT2D eigenvalue weighted by molar-refractivity contribution is -0.143. The molecule has 0 saturated carbocycles. The third kappa shape index (κ3) is 8.39. The predicted molar refractivity (Wildman–Crippen MR) is 133 cm³/mol. The fraction of sp³-hybridized carbons (Fsp3) is 0.444. The number of carbonyl (C=O) groups is 3. The van der Waals surface area contributed by atoms with Crippen molar-refractivity contribution in [2.45, 2.75) is 65.6 Å². The van der Waals surface area contributed by atoms with E-state index in [1.165, 1.54) is 0 Å². The lowest BCUT2D eigenvalue weighted by Crippen LogP contribution is -2.59. The van der Waals surface area contributed by atoms with Crippen LogP contribution in [-0.2, 0) is 27.2 Å². The SMILES string of the molecule is CC(C)C(NC(=O)[C@H](Cc1ccccc1)NN[C@@H](Cc1ccccc1)C(=O)C(C)(C)C)C(=O)O. The molecule has 34 heavy (non-hydrogen) atoms. The lowest BCUT2D eigenvalue weighted by atomic mass is 9.84. The highest BCUT2D eigenvalue weighted by Crippen LogP contribution is 2.19. The molecule has 2 aromatic rings. The Balaban J connectivity index is 2.24. The van der Waals surface area contributed by atoms with Crippen molar-refractivity contribution in [2.75, 3.05) is 0 Å². The summed E-state index contributed by atoms with van der Waals surface area (Å²) in [7, 11) is 0. The Labute approximate surface area is 202 Å². The first-order valence-electron chi connectivity index (χ1n) is 11.7. The number of hydrogen-bond acceptors (Lipinski definition) is 5. The predicted octanol–water partition coefficient (Wildman–Crippen LogP) is 3.14. The second-order valence-electron chi connectivity index (χ2n) is 9.96. The van der Waals surface area contributed by atoms with Crippen molar-refractivity contribution in [3.05, 3.63) is 71.8 Å². The molecule has 4 N–H and O–H groups in total. The number of hydrazine groups is 1. The quantitative estimate of drug-likeness (QED) is 0.357. The van der Waals surface area contributed by atoms with Gasteiger partial charge in [-0.2, -0.15) is 0 Å². The summed E-state index contributed by atoms with van der Waals surface area (Å²) in [6.07, 6.45) is 0.777. The van der Waals surface area contributed by atoms with Crippen LogP contribution >= 0.6 is 0 Å². The minimum absolute atomic E-state index is 0.00770. The van der Waals surface area contributed by atoms with Crippen LogP contribution in [0.15, 0.2) is 60.7 Å². The molecule has 1 amide bonds. The van der Waals surface area contributed by atoms with Crippen LogP contribution in [0.25, 0.3) is 0 Å². The molecule has 184 valence electrons. The summed E-state index contributed by atoms with van der Waals surface area (Å²) in [6, 6.07) is 16.8. The minimum atomic E-state index is -1.08. The van der Waals surface area contributed by atoms with E-state index in [1.54, 1.807) is 13.8 Å². The van der Waals surface area contributed by atoms with E-state index in [0.717, 1.165) is 11.1 Å². The number of carbonyl (C=O) groups excluding carboxylic acids is 2. The highest BCUT2D eigenvalue weighted by atomic mass is 16.4. The number of benzene rings is 2. The van der Waals surface area contributed by atoms with Gasteiger partial charge in [0.1, 0.15) is 12.1 Å². The van der Waals surface area contributed by atoms with Crippen LogP contribution in [0.1, 0.15) is 45.7 Å². The normalized spacial score (nSPS) is 14.3. The van der Waals surface area contributed by atoms with Crippen LogP contribution in [0.3, 0.4) is 0 Å². The van der Waals surface area contributed by atoms with Crippen molar-refractivity contribution < 1.29 is 19.5 Å². The molecule has 3 atom stereocenters. The van der Waals surface area contributed by atoms with E-state index >= 15 is 0 Å². The molecule has 0 saturated heterocycles. The highest BCUT2D eigenvalue weighted by molar-refractivity contribution is 5.89. The lowest BCUT2D eigenvalue weighted by Gasteiger charge is -2.29. The van der Waals surface area contributed by atoms with Gasteiger partial charge < -0.3 is 10.4 Å². The molecular formula is C27H37N3O4. The third-order valence-corrected chi connectivity index (χ3v) is 5.60. The monoisotopic (exact) mass is 467 g/mol. The van der Waals surface area contributed by atoms with Crippen LogP contribution in [0.4, 0.5) is 0 Å². The standard InChI is InChI=1S/C27H37N3O4/c1-18(2)23(26(33)34)28-25(32)22(17-20-14-10-7-11-15-20)30-29-21(24(31)27(3,4)5)16-19-12-8-6-9-13-19/h6-15,18,21-23,29-30H,16-17H2,1-5H3,(H,28,32)(H,33,34)/t21-,22-,23?/m0/s1. The molecule has 7 nitrogen and oxygen atoms in total. The van der Waals surface area contributed by atoms with Gasteiger partial charge in [0, 0.05) is 5.41 Å². The molecule has 0 spiro atoms. The fourth-order valence-corrected chi connectivity index (χ4v) is 3.61. The van der Waals surface area contributed by atoms with E-state index in [2.05, 4.69) is 16.2 Å². The first-order chi connectivity index (χ1) is 16.0. The number of aliphatic carboxylic acids is 1. The summed E-state index contributed by atoms with van der Waals surface area (Å²) in [4.78, 5) is 38.0. The highest BCUT2D eigenvalue weighted by Gasteiger charge is 2.32. The topological polar surface area (TPSA) is 108 Å². The molecule has 1 unspecified atom stereocenters. The van der Waals surface area contributed by atoms with Gasteiger partial charge in [0.25, 0.3) is 0 Å². The number of nitrogens with one attached hydrogen (secondary N) is 3. The van der Waals surface area contributed by atoms with Crippen LogP contribution < -0.4 is 16.2 Å². The molecule has 0 bridgehead atoms. The number of Topliss-reactive ketones (excluding diaryl/α,β-unsaturated/α-hetero) is 1. The Bertz CT molecular complexity index is 939. The molecule has 0 aliphatic carbocycles. The van der Waals surface area contributed by atoms with Gasteiger partial charge in [0.15, 0.2) is 5.78 Å². The van der Waals surface area contributed by atoms with Crippen molar-refractivity contribution >= 4 is 17.7 Å². The number of rotatable bonds is 12. The zero-order valence-electron chi connectivity index (χ0n) is 20.7. The van der Waals surface area contributed by atoms with Crippen LogP contribution in [0, 0.1) is 11.3 Å². The van der Waals surface area contributed by atoms with Crippen LogP contribution in [0.5, 0.6) is 0 Å². The van der Waals surface area contributed by atoms with Gasteiger partial charge >= 0.3 is 5.97 Å². The molecule has 0 aliphatic heterocycles. The van der Waals surface area contributed by atoms with Crippen molar-refractivity contribution in [1.82, 2.24) is 16.2 Å². The van der Waals surface area contributed by atoms with Crippen molar-refractivity contribution in [1.29, 1.82) is 0 Å². The van der Waals surface area contributed by atoms with E-state index in [9.17, 15) is 19.5 Å². The first kappa shape index (κ1) is 27.2. The zero-order chi connectivity index (χ0) is 25.3. The number of ketones is 1. The Hall–Kier alpha value is -3.03. The minimum Gasteiger partial charge on any atom is -0.480 e. The molecule has 0 heterocycles. The molecule has 0 aromatic heterocycles. The Kier molecular flexibility index (Phi) is 9.96. The maximum absolute atomic E-state index is 13.2. The Morgan fingerprint density at radius 3 is 1.65 bits per heavy atom. The summed E-state index contributed by atoms with van der Waals surface area (Å²) in [5.41, 5.74) is 7.47. The first-order valence-corrected chi connectivity index (χ1v) is 11.7. The van der Waals surface area contributed by atoms with Crippen molar-refractivity contribution in [3.63, 3.8) is 0 Å². The number of carboxylic acids is 1. The van der Waals surface area contributed by atoms with Crippen molar-refractivity contribution in [3.8, 4) is 0 Å². The number of amides is 1. The van der Waals surface area contributed by atoms with E-state index < -0.39 is 35.4 Å². The molecular weight excluding hydrogens is 430 g/mol. The number of carboxylic acid groups (broad SMARTS) is 1. The average molecular weight is 468 g/mol. The maximum atomic E-state index is 13.2. The van der Waals surface area contributed by atoms with Gasteiger partial charge in [-0.25, -0.2) is 15.6 Å². The van der Waals surface area contributed by atoms with Gasteiger partial charge in [0.2, 0.25) is 5.91 Å². The second kappa shape index (κ2) is 12.4. The summed E-state index contributed by atoms with van der Waals surface area (Å²) < 4.78 is 0. The van der Waals surface area contributed by atoms with Gasteiger partial charge in [-0.1, -0.05) is 95.3 Å². The van der Waals surface area contributed by atoms with Gasteiger partial charge in [-0.15, -0.1) is 0 Å². The van der Waals surface area contributed by atoms with E-state index in [4.69, 9.17) is 0 Å². The van der Waals surface area contributed by atoms with Crippen LogP contribution in [0.2, 0.25) is 0 Å². The van der Waals surface area contributed by atoms with E-state index in [-0.39, 0.29) is 11.7 Å². The molecule has 7 heteroatoms. The summed E-state index contributed by atoms with van der Waals surface area (Å²) in [5.74, 6) is -1.80. The summed E-state index contributed by atoms with van der Waals surface area (Å²) >= 11 is 0. The fourth-order valence-electron chi connectivity index (χ4n) is 3.61. The molecule has 0 fully saturated rings. The maximum Gasteiger partial charge on any atom is 0.326 e. The van der Waals surface area contributed by atoms with Crippen molar-refractivity contribution in [2.24, 2.45) is 11.3 Å². The summed E-state index contributed by atoms with van der Waals surface area (Å²) in [6.45, 7) is 9.08. The average Bonchev–Trinajstić information content (AvgIpc) is 2.78. The Morgan fingerprint density at radius 2 is 1.24 bits per heavy atom. The number of hydrogen-bond donors (Lipinski definition) is 4. The Morgan fingerprint density at radius 1 is 0.794 bits per heavy atom. The van der Waals surface area contributed by atoms with Crippen LogP contribution in [-0.4, -0.2) is 40.9 Å². The van der Waals surface area contributed by atoms with Gasteiger partial charge in [-0.05, 0) is 29.9 Å². The second-order valence-corrected chi connectivity index (χ2v) is 9.96. The smallest absolute Gasteiger partial charge is 0.326 e. The third-order valence-electron chi connectivity index (χ3n) is 5.60. The largest absolute Gasteiger partial charge is 0.480 e. The van der Waals surface area contributed by atoms with E-state index in [1.807, 2.05) is 81.4 Å².